The fourth-order valence-electron chi connectivity index (χ4n) is 3.39. The molecule has 1 aromatic rings. The van der Waals surface area contributed by atoms with E-state index in [1.54, 1.807) is 6.07 Å². The summed E-state index contributed by atoms with van der Waals surface area (Å²) >= 11 is 0. The molecule has 2 heterocycles. The van der Waals surface area contributed by atoms with Crippen molar-refractivity contribution in [2.24, 2.45) is 5.10 Å². The number of carbonyl (C=O) groups is 3. The summed E-state index contributed by atoms with van der Waals surface area (Å²) in [6.07, 6.45) is 0.450. The Bertz CT molecular complexity index is 967. The minimum atomic E-state index is -3.19. The molecule has 0 bridgehead atoms. The zero-order chi connectivity index (χ0) is 20.5. The summed E-state index contributed by atoms with van der Waals surface area (Å²) in [5.41, 5.74) is 2.34. The fourth-order valence-corrected chi connectivity index (χ4v) is 5.08. The van der Waals surface area contributed by atoms with Gasteiger partial charge < -0.3 is 4.74 Å². The second-order valence-electron chi connectivity index (χ2n) is 7.16. The highest BCUT2D eigenvalue weighted by Gasteiger charge is 2.37. The molecule has 3 rings (SSSR count). The molecule has 1 fully saturated rings. The zero-order valence-electron chi connectivity index (χ0n) is 15.8. The minimum absolute atomic E-state index is 0.00114. The first kappa shape index (κ1) is 20.2. The van der Waals surface area contributed by atoms with Crippen molar-refractivity contribution >= 4 is 33.2 Å². The van der Waals surface area contributed by atoms with Gasteiger partial charge in [-0.05, 0) is 25.8 Å². The largest absolute Gasteiger partial charge is 0.453 e. The van der Waals surface area contributed by atoms with Crippen LogP contribution in [-0.4, -0.2) is 61.0 Å². The van der Waals surface area contributed by atoms with Crippen LogP contribution < -0.4 is 0 Å². The highest BCUT2D eigenvalue weighted by atomic mass is 32.2. The number of aryl methyl sites for hydroxylation is 2. The van der Waals surface area contributed by atoms with Crippen molar-refractivity contribution in [2.75, 3.05) is 18.1 Å². The number of esters is 1. The number of nitrogens with zero attached hydrogens (tertiary/aromatic N) is 2. The first-order valence-electron chi connectivity index (χ1n) is 9.04. The van der Waals surface area contributed by atoms with Gasteiger partial charge in [-0.2, -0.15) is 5.10 Å². The monoisotopic (exact) mass is 406 g/mol. The number of rotatable bonds is 5. The van der Waals surface area contributed by atoms with Crippen molar-refractivity contribution in [2.45, 2.75) is 39.2 Å². The molecule has 0 aliphatic carbocycles. The molecule has 0 unspecified atom stereocenters. The number of benzene rings is 1. The molecule has 1 aromatic carbocycles. The van der Waals surface area contributed by atoms with E-state index in [0.29, 0.717) is 12.0 Å². The average molecular weight is 406 g/mol. The minimum Gasteiger partial charge on any atom is -0.453 e. The van der Waals surface area contributed by atoms with E-state index in [9.17, 15) is 22.8 Å². The molecule has 0 aromatic heterocycles. The molecule has 8 nitrogen and oxygen atoms in total. The fraction of sp³-hybridized carbons (Fsp3) is 0.474. The van der Waals surface area contributed by atoms with E-state index in [1.807, 2.05) is 26.0 Å². The number of carbonyl (C=O) groups excluding carboxylic acids is 3. The maximum atomic E-state index is 12.3. The van der Waals surface area contributed by atoms with Crippen molar-refractivity contribution < 1.29 is 27.5 Å². The maximum absolute atomic E-state index is 12.3. The van der Waals surface area contributed by atoms with E-state index in [4.69, 9.17) is 4.74 Å². The van der Waals surface area contributed by atoms with Crippen LogP contribution in [0.5, 0.6) is 0 Å². The number of ether oxygens (including phenoxy) is 1. The third kappa shape index (κ3) is 4.46. The second kappa shape index (κ2) is 7.83. The van der Waals surface area contributed by atoms with Crippen LogP contribution in [0.1, 0.15) is 40.7 Å². The Morgan fingerprint density at radius 2 is 2.00 bits per heavy atom. The Morgan fingerprint density at radius 1 is 1.25 bits per heavy atom. The zero-order valence-corrected chi connectivity index (χ0v) is 16.6. The van der Waals surface area contributed by atoms with Crippen LogP contribution >= 0.6 is 0 Å². The van der Waals surface area contributed by atoms with Gasteiger partial charge in [0.1, 0.15) is 5.71 Å². The molecule has 0 saturated carbocycles. The molecule has 28 heavy (non-hydrogen) atoms. The average Bonchev–Trinajstić information content (AvgIpc) is 2.99. The lowest BCUT2D eigenvalue weighted by molar-refractivity contribution is -0.136. The third-order valence-electron chi connectivity index (χ3n) is 4.87. The van der Waals surface area contributed by atoms with Gasteiger partial charge in [-0.1, -0.05) is 23.8 Å². The van der Waals surface area contributed by atoms with Crippen LogP contribution in [0.2, 0.25) is 0 Å². The topological polar surface area (TPSA) is 110 Å². The summed E-state index contributed by atoms with van der Waals surface area (Å²) in [6, 6.07) is 4.82. The summed E-state index contributed by atoms with van der Waals surface area (Å²) < 4.78 is 28.4. The van der Waals surface area contributed by atoms with Crippen LogP contribution in [-0.2, 0) is 24.2 Å². The normalized spacial score (nSPS) is 21.4. The molecular weight excluding hydrogens is 384 g/mol. The van der Waals surface area contributed by atoms with E-state index < -0.39 is 28.5 Å². The molecule has 1 saturated heterocycles. The summed E-state index contributed by atoms with van der Waals surface area (Å²) in [6.45, 7) is 3.31. The van der Waals surface area contributed by atoms with Gasteiger partial charge >= 0.3 is 5.97 Å². The molecule has 2 aliphatic heterocycles. The summed E-state index contributed by atoms with van der Waals surface area (Å²) in [5, 5.41) is 5.13. The summed E-state index contributed by atoms with van der Waals surface area (Å²) in [4.78, 5) is 36.7. The Morgan fingerprint density at radius 3 is 2.64 bits per heavy atom. The number of Topliss-reactive ketones (excluding diaryl/α,β-unsaturated/α-hetero) is 1. The highest BCUT2D eigenvalue weighted by molar-refractivity contribution is 7.91. The van der Waals surface area contributed by atoms with Gasteiger partial charge in [-0.3, -0.25) is 9.59 Å². The lowest BCUT2D eigenvalue weighted by Gasteiger charge is -2.27. The molecule has 0 spiro atoms. The van der Waals surface area contributed by atoms with Crippen molar-refractivity contribution in [3.63, 3.8) is 0 Å². The van der Waals surface area contributed by atoms with Crippen LogP contribution in [0.25, 0.3) is 0 Å². The number of hydrazone groups is 1. The van der Waals surface area contributed by atoms with Crippen molar-refractivity contribution in [1.29, 1.82) is 0 Å². The van der Waals surface area contributed by atoms with Gasteiger partial charge in [-0.15, -0.1) is 0 Å². The number of sulfone groups is 1. The van der Waals surface area contributed by atoms with Crippen molar-refractivity contribution in [3.8, 4) is 0 Å². The Hall–Kier alpha value is -2.55. The first-order valence-corrected chi connectivity index (χ1v) is 10.9. The lowest BCUT2D eigenvalue weighted by Crippen LogP contribution is -2.42. The SMILES string of the molecule is Cc1ccc(C(=O)COC(=O)C2=NN([C@H]3CCS(=O)(=O)C3)C(=O)CC2)c(C)c1. The number of ketones is 1. The summed E-state index contributed by atoms with van der Waals surface area (Å²) in [5.74, 6) is -1.56. The Kier molecular flexibility index (Phi) is 5.64. The van der Waals surface area contributed by atoms with E-state index in [2.05, 4.69) is 5.10 Å². The van der Waals surface area contributed by atoms with E-state index in [-0.39, 0.29) is 41.7 Å². The molecular formula is C19H22N2O6S. The van der Waals surface area contributed by atoms with Crippen molar-refractivity contribution in [3.05, 3.63) is 34.9 Å². The first-order chi connectivity index (χ1) is 13.2. The van der Waals surface area contributed by atoms with Gasteiger partial charge in [0, 0.05) is 18.4 Å². The van der Waals surface area contributed by atoms with Crippen LogP contribution in [0.3, 0.4) is 0 Å². The molecule has 2 aliphatic rings. The summed E-state index contributed by atoms with van der Waals surface area (Å²) in [7, 11) is -3.19. The number of hydrogen-bond acceptors (Lipinski definition) is 7. The molecule has 1 amide bonds. The molecule has 0 radical (unpaired) electrons. The van der Waals surface area contributed by atoms with Crippen LogP contribution in [0, 0.1) is 13.8 Å². The third-order valence-corrected chi connectivity index (χ3v) is 6.62. The second-order valence-corrected chi connectivity index (χ2v) is 9.39. The van der Waals surface area contributed by atoms with Crippen molar-refractivity contribution in [1.82, 2.24) is 5.01 Å². The molecule has 1 atom stereocenters. The van der Waals surface area contributed by atoms with E-state index >= 15 is 0 Å². The van der Waals surface area contributed by atoms with Gasteiger partial charge in [0.2, 0.25) is 11.7 Å². The van der Waals surface area contributed by atoms with Gasteiger partial charge in [0.25, 0.3) is 0 Å². The Labute approximate surface area is 163 Å². The van der Waals surface area contributed by atoms with E-state index in [1.165, 1.54) is 0 Å². The maximum Gasteiger partial charge on any atom is 0.354 e. The van der Waals surface area contributed by atoms with Gasteiger partial charge in [-0.25, -0.2) is 18.2 Å². The Balaban J connectivity index is 1.65. The lowest BCUT2D eigenvalue weighted by atomic mass is 10.0. The quantitative estimate of drug-likeness (QED) is 0.537. The van der Waals surface area contributed by atoms with Crippen LogP contribution in [0.4, 0.5) is 0 Å². The van der Waals surface area contributed by atoms with Gasteiger partial charge in [0.05, 0.1) is 17.5 Å². The predicted octanol–water partition coefficient (Wildman–Crippen LogP) is 1.19. The highest BCUT2D eigenvalue weighted by Crippen LogP contribution is 2.22. The standard InChI is InChI=1S/C19H22N2O6S/c1-12-3-4-15(13(2)9-12)17(22)10-27-19(24)16-5-6-18(23)21(20-16)14-7-8-28(25,26)11-14/h3-4,9,14H,5-8,10-11H2,1-2H3/t14-/m0/s1. The smallest absolute Gasteiger partial charge is 0.354 e. The van der Waals surface area contributed by atoms with Gasteiger partial charge in [0.15, 0.2) is 16.4 Å². The molecule has 0 N–H and O–H groups in total. The van der Waals surface area contributed by atoms with E-state index in [0.717, 1.165) is 16.1 Å². The molecule has 9 heteroatoms. The predicted molar refractivity (Wildman–Crippen MR) is 102 cm³/mol. The molecule has 150 valence electrons. The number of amides is 1. The van der Waals surface area contributed by atoms with Crippen LogP contribution in [0.15, 0.2) is 23.3 Å². The number of hydrogen-bond donors (Lipinski definition) is 0.